The van der Waals surface area contributed by atoms with Crippen LogP contribution in [0.1, 0.15) is 18.9 Å². The van der Waals surface area contributed by atoms with Crippen molar-refractivity contribution in [2.75, 3.05) is 25.0 Å². The standard InChI is InChI=1S/C21H22N6O3/c28-19(22-13-5-6-15-17(11-13)24-20(29)23-15)12-26-9-7-14(8-10-26)27-18-4-2-1-3-16(18)25-21(27)30/h1-6,11,14H,7-10,12H2,(H,22,28)(H,25,30)(H2,23,24,29). The van der Waals surface area contributed by atoms with Crippen LogP contribution in [0.3, 0.4) is 0 Å². The molecular weight excluding hydrogens is 384 g/mol. The Balaban J connectivity index is 1.21. The van der Waals surface area contributed by atoms with Crippen LogP contribution in [0.2, 0.25) is 0 Å². The molecule has 5 rings (SSSR count). The van der Waals surface area contributed by atoms with Gasteiger partial charge in [-0.15, -0.1) is 0 Å². The highest BCUT2D eigenvalue weighted by Gasteiger charge is 2.24. The van der Waals surface area contributed by atoms with Crippen molar-refractivity contribution in [2.45, 2.75) is 18.9 Å². The number of anilines is 1. The highest BCUT2D eigenvalue weighted by molar-refractivity contribution is 5.94. The Hall–Kier alpha value is -3.59. The molecule has 154 valence electrons. The van der Waals surface area contributed by atoms with Gasteiger partial charge in [0.1, 0.15) is 0 Å². The number of hydrogen-bond donors (Lipinski definition) is 4. The van der Waals surface area contributed by atoms with Crippen LogP contribution in [0.5, 0.6) is 0 Å². The van der Waals surface area contributed by atoms with Gasteiger partial charge in [-0.25, -0.2) is 9.59 Å². The zero-order valence-electron chi connectivity index (χ0n) is 16.3. The summed E-state index contributed by atoms with van der Waals surface area (Å²) in [7, 11) is 0. The van der Waals surface area contributed by atoms with Crippen LogP contribution >= 0.6 is 0 Å². The monoisotopic (exact) mass is 406 g/mol. The van der Waals surface area contributed by atoms with Gasteiger partial charge in [-0.05, 0) is 43.2 Å². The lowest BCUT2D eigenvalue weighted by molar-refractivity contribution is -0.117. The SMILES string of the molecule is O=C(CN1CCC(n2c(=O)[nH]c3ccccc32)CC1)Nc1ccc2[nH]c(=O)[nH]c2c1. The van der Waals surface area contributed by atoms with Crippen LogP contribution in [0, 0.1) is 0 Å². The molecule has 2 aromatic heterocycles. The smallest absolute Gasteiger partial charge is 0.325 e. The summed E-state index contributed by atoms with van der Waals surface area (Å²) in [6.07, 6.45) is 1.62. The van der Waals surface area contributed by atoms with Crippen LogP contribution in [-0.4, -0.2) is 50.0 Å². The first-order chi connectivity index (χ1) is 14.6. The minimum Gasteiger partial charge on any atom is -0.325 e. The molecule has 1 fully saturated rings. The summed E-state index contributed by atoms with van der Waals surface area (Å²) in [5.74, 6) is -0.102. The van der Waals surface area contributed by atoms with Gasteiger partial charge in [-0.1, -0.05) is 12.1 Å². The maximum Gasteiger partial charge on any atom is 0.326 e. The highest BCUT2D eigenvalue weighted by Crippen LogP contribution is 2.24. The summed E-state index contributed by atoms with van der Waals surface area (Å²) >= 11 is 0. The first-order valence-electron chi connectivity index (χ1n) is 10.0. The highest BCUT2D eigenvalue weighted by atomic mass is 16.2. The van der Waals surface area contributed by atoms with Gasteiger partial charge in [0.25, 0.3) is 0 Å². The molecular formula is C21H22N6O3. The van der Waals surface area contributed by atoms with Crippen molar-refractivity contribution in [2.24, 2.45) is 0 Å². The van der Waals surface area contributed by atoms with E-state index in [9.17, 15) is 14.4 Å². The molecule has 0 spiro atoms. The normalized spacial score (nSPS) is 15.7. The number of aromatic nitrogens is 4. The Morgan fingerprint density at radius 3 is 2.57 bits per heavy atom. The fourth-order valence-electron chi connectivity index (χ4n) is 4.29. The number of nitrogens with zero attached hydrogens (tertiary/aromatic N) is 2. The number of nitrogens with one attached hydrogen (secondary N) is 4. The molecule has 0 saturated carbocycles. The van der Waals surface area contributed by atoms with Gasteiger partial charge in [0.2, 0.25) is 5.91 Å². The number of para-hydroxylation sites is 2. The van der Waals surface area contributed by atoms with Gasteiger partial charge >= 0.3 is 11.4 Å². The van der Waals surface area contributed by atoms with Crippen molar-refractivity contribution >= 4 is 33.7 Å². The number of amides is 1. The third kappa shape index (κ3) is 3.43. The fraction of sp³-hybridized carbons (Fsp3) is 0.286. The lowest BCUT2D eigenvalue weighted by Crippen LogP contribution is -2.40. The molecule has 9 nitrogen and oxygen atoms in total. The second-order valence-corrected chi connectivity index (χ2v) is 7.71. The first kappa shape index (κ1) is 18.4. The molecule has 9 heteroatoms. The molecule has 3 heterocycles. The molecule has 0 unspecified atom stereocenters. The number of benzene rings is 2. The van der Waals surface area contributed by atoms with Crippen LogP contribution in [0.25, 0.3) is 22.1 Å². The van der Waals surface area contributed by atoms with Crippen molar-refractivity contribution in [3.63, 3.8) is 0 Å². The van der Waals surface area contributed by atoms with Gasteiger partial charge in [-0.3, -0.25) is 14.3 Å². The van der Waals surface area contributed by atoms with Gasteiger partial charge < -0.3 is 20.3 Å². The summed E-state index contributed by atoms with van der Waals surface area (Å²) in [5.41, 5.74) is 3.43. The molecule has 0 bridgehead atoms. The molecule has 0 radical (unpaired) electrons. The molecule has 4 aromatic rings. The molecule has 1 aliphatic rings. The molecule has 0 aliphatic carbocycles. The quantitative estimate of drug-likeness (QED) is 0.413. The number of fused-ring (bicyclic) bond motifs is 2. The van der Waals surface area contributed by atoms with Crippen LogP contribution < -0.4 is 16.7 Å². The molecule has 2 aromatic carbocycles. The number of H-pyrrole nitrogens is 3. The predicted octanol–water partition coefficient (Wildman–Crippen LogP) is 1.77. The summed E-state index contributed by atoms with van der Waals surface area (Å²) < 4.78 is 1.85. The number of likely N-dealkylation sites (tertiary alicyclic amines) is 1. The average Bonchev–Trinajstić information content (AvgIpc) is 3.26. The van der Waals surface area contributed by atoms with Crippen LogP contribution in [-0.2, 0) is 4.79 Å². The molecule has 0 atom stereocenters. The maximum absolute atomic E-state index is 12.5. The van der Waals surface area contributed by atoms with Gasteiger partial charge in [-0.2, -0.15) is 0 Å². The topological polar surface area (TPSA) is 119 Å². The maximum atomic E-state index is 12.5. The van der Waals surface area contributed by atoms with Crippen LogP contribution in [0.4, 0.5) is 5.69 Å². The van der Waals surface area contributed by atoms with E-state index in [0.717, 1.165) is 37.0 Å². The molecule has 1 amide bonds. The molecule has 1 aliphatic heterocycles. The molecule has 1 saturated heterocycles. The number of aromatic amines is 3. The Morgan fingerprint density at radius 1 is 0.967 bits per heavy atom. The number of carbonyl (C=O) groups is 1. The second-order valence-electron chi connectivity index (χ2n) is 7.71. The minimum atomic E-state index is -0.273. The second kappa shape index (κ2) is 7.34. The zero-order valence-corrected chi connectivity index (χ0v) is 16.3. The van der Waals surface area contributed by atoms with Gasteiger partial charge in [0, 0.05) is 24.8 Å². The van der Waals surface area contributed by atoms with E-state index in [1.165, 1.54) is 0 Å². The Labute approximate surface area is 170 Å². The van der Waals surface area contributed by atoms with Crippen molar-refractivity contribution in [3.05, 3.63) is 63.4 Å². The van der Waals surface area contributed by atoms with E-state index in [2.05, 4.69) is 25.2 Å². The van der Waals surface area contributed by atoms with E-state index in [0.29, 0.717) is 16.7 Å². The van der Waals surface area contributed by atoms with E-state index < -0.39 is 0 Å². The van der Waals surface area contributed by atoms with Crippen LogP contribution in [0.15, 0.2) is 52.1 Å². The average molecular weight is 406 g/mol. The largest absolute Gasteiger partial charge is 0.326 e. The summed E-state index contributed by atoms with van der Waals surface area (Å²) in [6, 6.07) is 13.1. The number of imidazole rings is 2. The Kier molecular flexibility index (Phi) is 4.51. The third-order valence-corrected chi connectivity index (χ3v) is 5.71. The van der Waals surface area contributed by atoms with Crippen molar-refractivity contribution in [1.82, 2.24) is 24.4 Å². The van der Waals surface area contributed by atoms with Crippen molar-refractivity contribution in [1.29, 1.82) is 0 Å². The first-order valence-corrected chi connectivity index (χ1v) is 10.0. The van der Waals surface area contributed by atoms with E-state index in [-0.39, 0.29) is 29.9 Å². The summed E-state index contributed by atoms with van der Waals surface area (Å²) in [4.78, 5) is 46.6. The fourth-order valence-corrected chi connectivity index (χ4v) is 4.29. The number of piperidine rings is 1. The summed E-state index contributed by atoms with van der Waals surface area (Å²) in [6.45, 7) is 1.78. The molecule has 30 heavy (non-hydrogen) atoms. The lowest BCUT2D eigenvalue weighted by Gasteiger charge is -2.32. The lowest BCUT2D eigenvalue weighted by atomic mass is 10.0. The van der Waals surface area contributed by atoms with Gasteiger partial charge in [0.15, 0.2) is 0 Å². The van der Waals surface area contributed by atoms with E-state index in [4.69, 9.17) is 0 Å². The van der Waals surface area contributed by atoms with E-state index in [1.54, 1.807) is 18.2 Å². The Bertz CT molecular complexity index is 1340. The van der Waals surface area contributed by atoms with E-state index in [1.807, 2.05) is 28.8 Å². The Morgan fingerprint density at radius 2 is 1.73 bits per heavy atom. The van der Waals surface area contributed by atoms with E-state index >= 15 is 0 Å². The number of hydrogen-bond acceptors (Lipinski definition) is 4. The van der Waals surface area contributed by atoms with Gasteiger partial charge in [0.05, 0.1) is 28.6 Å². The third-order valence-electron chi connectivity index (χ3n) is 5.71. The number of carbonyl (C=O) groups excluding carboxylic acids is 1. The number of rotatable bonds is 4. The summed E-state index contributed by atoms with van der Waals surface area (Å²) in [5, 5.41) is 2.89. The molecule has 4 N–H and O–H groups in total. The minimum absolute atomic E-state index is 0.0782. The van der Waals surface area contributed by atoms with Crippen molar-refractivity contribution in [3.8, 4) is 0 Å². The predicted molar refractivity (Wildman–Crippen MR) is 115 cm³/mol. The van der Waals surface area contributed by atoms with Crippen molar-refractivity contribution < 1.29 is 4.79 Å². The zero-order chi connectivity index (χ0) is 20.7.